The maximum atomic E-state index is 13.3. The van der Waals surface area contributed by atoms with Crippen molar-refractivity contribution < 1.29 is 27.9 Å². The van der Waals surface area contributed by atoms with Gasteiger partial charge in [0.25, 0.3) is 5.91 Å². The van der Waals surface area contributed by atoms with E-state index in [1.165, 1.54) is 24.3 Å². The molecule has 0 aromatic heterocycles. The summed E-state index contributed by atoms with van der Waals surface area (Å²) in [5, 5.41) is 8.68. The molecule has 31 heavy (non-hydrogen) atoms. The molecule has 0 saturated heterocycles. The third-order valence-electron chi connectivity index (χ3n) is 4.16. The molecular formula is C21H27N3O6S. The molecule has 2 rings (SSSR count). The van der Waals surface area contributed by atoms with Gasteiger partial charge < -0.3 is 20.5 Å². The Morgan fingerprint density at radius 3 is 2.35 bits per heavy atom. The Bertz CT molecular complexity index is 1010. The topological polar surface area (TPSA) is 139 Å². The molecule has 4 N–H and O–H groups in total. The molecule has 0 radical (unpaired) electrons. The van der Waals surface area contributed by atoms with Gasteiger partial charge in [0.2, 0.25) is 10.0 Å². The van der Waals surface area contributed by atoms with Crippen LogP contribution in [-0.4, -0.2) is 51.6 Å². The van der Waals surface area contributed by atoms with E-state index >= 15 is 0 Å². The minimum Gasteiger partial charge on any atom is -0.491 e. The van der Waals surface area contributed by atoms with Crippen molar-refractivity contribution in [3.05, 3.63) is 54.1 Å². The number of nitrogens with two attached hydrogens (primary N) is 1. The van der Waals surface area contributed by atoms with Gasteiger partial charge in [-0.1, -0.05) is 26.0 Å². The second-order valence-electron chi connectivity index (χ2n) is 7.16. The fourth-order valence-electron chi connectivity index (χ4n) is 2.80. The number of sulfonamides is 1. The summed E-state index contributed by atoms with van der Waals surface area (Å²) in [6.45, 7) is 4.18. The van der Waals surface area contributed by atoms with E-state index < -0.39 is 22.5 Å². The fourth-order valence-corrected chi connectivity index (χ4v) is 3.77. The Morgan fingerprint density at radius 2 is 1.77 bits per heavy atom. The van der Waals surface area contributed by atoms with Crippen molar-refractivity contribution >= 4 is 27.6 Å². The van der Waals surface area contributed by atoms with Gasteiger partial charge in [-0.05, 0) is 42.3 Å². The molecule has 2 aromatic rings. The van der Waals surface area contributed by atoms with Crippen LogP contribution >= 0.6 is 0 Å². The Balaban J connectivity index is 2.35. The molecular weight excluding hydrogens is 422 g/mol. The highest BCUT2D eigenvalue weighted by Gasteiger charge is 2.23. The smallest absolute Gasteiger partial charge is 0.318 e. The number of nitrogens with zero attached hydrogens (tertiary/aromatic N) is 1. The van der Waals surface area contributed by atoms with E-state index in [0.717, 1.165) is 0 Å². The van der Waals surface area contributed by atoms with Crippen molar-refractivity contribution in [1.29, 1.82) is 0 Å². The van der Waals surface area contributed by atoms with Gasteiger partial charge in [-0.25, -0.2) is 8.42 Å². The molecule has 9 nitrogen and oxygen atoms in total. The number of amides is 1. The maximum absolute atomic E-state index is 13.3. The number of carbonyl (C=O) groups excluding carboxylic acids is 1. The molecule has 0 unspecified atom stereocenters. The van der Waals surface area contributed by atoms with Gasteiger partial charge in [-0.3, -0.25) is 9.59 Å². The first-order valence-corrected chi connectivity index (χ1v) is 11.2. The average molecular weight is 450 g/mol. The van der Waals surface area contributed by atoms with E-state index in [9.17, 15) is 18.0 Å². The van der Waals surface area contributed by atoms with E-state index in [1.807, 2.05) is 18.6 Å². The number of anilines is 1. The molecule has 168 valence electrons. The average Bonchev–Trinajstić information content (AvgIpc) is 2.74. The first-order chi connectivity index (χ1) is 14.7. The second-order valence-corrected chi connectivity index (χ2v) is 8.92. The van der Waals surface area contributed by atoms with Gasteiger partial charge in [0, 0.05) is 18.8 Å². The lowest BCUT2D eigenvalue weighted by atomic mass is 10.1. The van der Waals surface area contributed by atoms with Crippen LogP contribution in [0.1, 0.15) is 24.2 Å². The summed E-state index contributed by atoms with van der Waals surface area (Å²) in [7, 11) is -3.98. The molecule has 0 atom stereocenters. The van der Waals surface area contributed by atoms with E-state index in [2.05, 4.69) is 0 Å². The standard InChI is InChI=1S/C21H27N3O6S/c1-15(2)14-24(21(27)18-5-3-4-6-19(18)30-12-11-22)16-7-9-17(10-8-16)31(28,29)23-13-20(25)26/h3-10,15,23H,11-14,22H2,1-2H3,(H,25,26). The lowest BCUT2D eigenvalue weighted by Crippen LogP contribution is -2.34. The highest BCUT2D eigenvalue weighted by atomic mass is 32.2. The number of para-hydroxylation sites is 1. The van der Waals surface area contributed by atoms with Crippen LogP contribution in [0.15, 0.2) is 53.4 Å². The number of nitrogens with one attached hydrogen (secondary N) is 1. The monoisotopic (exact) mass is 449 g/mol. The quantitative estimate of drug-likeness (QED) is 0.474. The molecule has 0 heterocycles. The highest BCUT2D eigenvalue weighted by molar-refractivity contribution is 7.89. The van der Waals surface area contributed by atoms with Gasteiger partial charge in [0.1, 0.15) is 18.9 Å². The van der Waals surface area contributed by atoms with Crippen LogP contribution in [0.2, 0.25) is 0 Å². The number of carboxylic acid groups (broad SMARTS) is 1. The molecule has 0 saturated carbocycles. The molecule has 2 aromatic carbocycles. The lowest BCUT2D eigenvalue weighted by molar-refractivity contribution is -0.135. The van der Waals surface area contributed by atoms with Crippen LogP contribution in [-0.2, 0) is 14.8 Å². The van der Waals surface area contributed by atoms with Gasteiger partial charge in [-0.15, -0.1) is 0 Å². The van der Waals surface area contributed by atoms with Crippen LogP contribution in [0.4, 0.5) is 5.69 Å². The number of hydrogen-bond acceptors (Lipinski definition) is 6. The zero-order valence-corrected chi connectivity index (χ0v) is 18.3. The number of benzene rings is 2. The fraction of sp³-hybridized carbons (Fsp3) is 0.333. The van der Waals surface area contributed by atoms with Crippen molar-refractivity contribution in [3.8, 4) is 5.75 Å². The Hall–Kier alpha value is -2.95. The van der Waals surface area contributed by atoms with Gasteiger partial charge >= 0.3 is 5.97 Å². The van der Waals surface area contributed by atoms with Crippen molar-refractivity contribution in [2.75, 3.05) is 31.1 Å². The second kappa shape index (κ2) is 10.9. The Morgan fingerprint density at radius 1 is 1.13 bits per heavy atom. The molecule has 0 aliphatic rings. The molecule has 0 aliphatic heterocycles. The van der Waals surface area contributed by atoms with Gasteiger partial charge in [-0.2, -0.15) is 4.72 Å². The van der Waals surface area contributed by atoms with E-state index in [1.54, 1.807) is 29.2 Å². The molecule has 10 heteroatoms. The SMILES string of the molecule is CC(C)CN(C(=O)c1ccccc1OCCN)c1ccc(S(=O)(=O)NCC(=O)O)cc1. The third-order valence-corrected chi connectivity index (χ3v) is 5.58. The minimum atomic E-state index is -3.98. The molecule has 0 bridgehead atoms. The van der Waals surface area contributed by atoms with Crippen molar-refractivity contribution in [3.63, 3.8) is 0 Å². The first-order valence-electron chi connectivity index (χ1n) is 9.71. The summed E-state index contributed by atoms with van der Waals surface area (Å²) in [6.07, 6.45) is 0. The third kappa shape index (κ3) is 6.78. The number of hydrogen-bond donors (Lipinski definition) is 3. The van der Waals surface area contributed by atoms with E-state index in [4.69, 9.17) is 15.6 Å². The first kappa shape index (κ1) is 24.3. The van der Waals surface area contributed by atoms with E-state index in [0.29, 0.717) is 30.1 Å². The molecule has 0 spiro atoms. The zero-order chi connectivity index (χ0) is 23.0. The summed E-state index contributed by atoms with van der Waals surface area (Å²) >= 11 is 0. The predicted molar refractivity (Wildman–Crippen MR) is 117 cm³/mol. The van der Waals surface area contributed by atoms with Crippen molar-refractivity contribution in [2.24, 2.45) is 11.7 Å². The molecule has 1 amide bonds. The predicted octanol–water partition coefficient (Wildman–Crippen LogP) is 1.69. The Labute approximate surface area is 181 Å². The number of ether oxygens (including phenoxy) is 1. The van der Waals surface area contributed by atoms with Crippen LogP contribution in [0, 0.1) is 5.92 Å². The number of carbonyl (C=O) groups is 2. The van der Waals surface area contributed by atoms with Crippen LogP contribution in [0.5, 0.6) is 5.75 Å². The summed E-state index contributed by atoms with van der Waals surface area (Å²) in [6, 6.07) is 12.5. The molecule has 0 fully saturated rings. The minimum absolute atomic E-state index is 0.0962. The largest absolute Gasteiger partial charge is 0.491 e. The van der Waals surface area contributed by atoms with Crippen molar-refractivity contribution in [2.45, 2.75) is 18.7 Å². The lowest BCUT2D eigenvalue weighted by Gasteiger charge is -2.26. The number of carboxylic acids is 1. The summed E-state index contributed by atoms with van der Waals surface area (Å²) < 4.78 is 32.0. The normalized spacial score (nSPS) is 11.4. The van der Waals surface area contributed by atoms with E-state index in [-0.39, 0.29) is 23.3 Å². The maximum Gasteiger partial charge on any atom is 0.318 e. The van der Waals surface area contributed by atoms with Gasteiger partial charge in [0.05, 0.1) is 10.5 Å². The Kier molecular flexibility index (Phi) is 8.55. The number of aliphatic carboxylic acids is 1. The summed E-state index contributed by atoms with van der Waals surface area (Å²) in [5.74, 6) is -1.02. The summed E-state index contributed by atoms with van der Waals surface area (Å²) in [4.78, 5) is 25.4. The van der Waals surface area contributed by atoms with Gasteiger partial charge in [0.15, 0.2) is 0 Å². The van der Waals surface area contributed by atoms with Crippen LogP contribution in [0.3, 0.4) is 0 Å². The van der Waals surface area contributed by atoms with Crippen LogP contribution < -0.4 is 20.1 Å². The highest BCUT2D eigenvalue weighted by Crippen LogP contribution is 2.25. The zero-order valence-electron chi connectivity index (χ0n) is 17.4. The number of rotatable bonds is 11. The summed E-state index contributed by atoms with van der Waals surface area (Å²) in [5.41, 5.74) is 6.38. The van der Waals surface area contributed by atoms with Crippen LogP contribution in [0.25, 0.3) is 0 Å². The molecule has 0 aliphatic carbocycles. The van der Waals surface area contributed by atoms with Crippen molar-refractivity contribution in [1.82, 2.24) is 4.72 Å².